The summed E-state index contributed by atoms with van der Waals surface area (Å²) in [5.41, 5.74) is 20.1. The second kappa shape index (κ2) is 19.0. The molecule has 1 unspecified atom stereocenters. The van der Waals surface area contributed by atoms with Gasteiger partial charge in [-0.05, 0) is 124 Å². The van der Waals surface area contributed by atoms with E-state index in [1.807, 2.05) is 0 Å². The molecule has 1 atom stereocenters. The maximum Gasteiger partial charge on any atom is 0.0557 e. The van der Waals surface area contributed by atoms with Gasteiger partial charge < -0.3 is 14.4 Å². The van der Waals surface area contributed by atoms with Crippen LogP contribution in [-0.4, -0.2) is 4.57 Å². The second-order valence-electron chi connectivity index (χ2n) is 18.0. The molecule has 0 radical (unpaired) electrons. The van der Waals surface area contributed by atoms with E-state index in [0.717, 1.165) is 58.1 Å². The van der Waals surface area contributed by atoms with Crippen molar-refractivity contribution in [3.8, 4) is 44.5 Å². The fourth-order valence-corrected chi connectivity index (χ4v) is 10.3. The van der Waals surface area contributed by atoms with Gasteiger partial charge in [0.1, 0.15) is 0 Å². The van der Waals surface area contributed by atoms with Crippen LogP contribution in [0.5, 0.6) is 0 Å². The van der Waals surface area contributed by atoms with E-state index < -0.39 is 0 Å². The molecule has 334 valence electrons. The van der Waals surface area contributed by atoms with Gasteiger partial charge >= 0.3 is 0 Å². The Balaban J connectivity index is 0.899. The molecule has 0 bridgehead atoms. The maximum absolute atomic E-state index is 2.58. The van der Waals surface area contributed by atoms with Gasteiger partial charge in [-0.3, -0.25) is 0 Å². The monoisotopic (exact) mass is 897 g/mol. The predicted octanol–water partition coefficient (Wildman–Crippen LogP) is 18.4. The van der Waals surface area contributed by atoms with Gasteiger partial charge in [-0.2, -0.15) is 0 Å². The number of hydrogen-bond donors (Lipinski definition) is 0. The van der Waals surface area contributed by atoms with Crippen molar-refractivity contribution in [2.45, 2.75) is 18.9 Å². The van der Waals surface area contributed by atoms with Gasteiger partial charge in [-0.1, -0.05) is 206 Å². The van der Waals surface area contributed by atoms with Crippen LogP contribution in [0.15, 0.2) is 273 Å². The molecule has 10 aromatic rings. The lowest BCUT2D eigenvalue weighted by atomic mass is 10.0. The molecule has 9 aromatic carbocycles. The van der Waals surface area contributed by atoms with Crippen LogP contribution in [0.1, 0.15) is 23.7 Å². The third kappa shape index (κ3) is 8.39. The van der Waals surface area contributed by atoms with E-state index in [1.165, 1.54) is 55.5 Å². The third-order valence-corrected chi connectivity index (χ3v) is 13.8. The van der Waals surface area contributed by atoms with E-state index in [2.05, 4.69) is 293 Å². The van der Waals surface area contributed by atoms with E-state index in [9.17, 15) is 0 Å². The van der Waals surface area contributed by atoms with Crippen molar-refractivity contribution in [1.29, 1.82) is 0 Å². The highest BCUT2D eigenvalue weighted by molar-refractivity contribution is 5.96. The zero-order valence-corrected chi connectivity index (χ0v) is 38.9. The van der Waals surface area contributed by atoms with E-state index in [1.54, 1.807) is 0 Å². The highest BCUT2D eigenvalue weighted by atomic mass is 15.1. The lowest BCUT2D eigenvalue weighted by Gasteiger charge is -2.27. The van der Waals surface area contributed by atoms with E-state index >= 15 is 0 Å². The first-order valence-corrected chi connectivity index (χ1v) is 24.3. The first-order valence-electron chi connectivity index (χ1n) is 24.3. The van der Waals surface area contributed by atoms with Crippen LogP contribution < -0.4 is 9.80 Å². The molecule has 1 heterocycles. The number of allylic oxidation sites excluding steroid dienone is 7. The zero-order valence-electron chi connectivity index (χ0n) is 38.9. The smallest absolute Gasteiger partial charge is 0.0557 e. The molecular formula is C67H51N3. The molecule has 0 saturated heterocycles. The predicted molar refractivity (Wildman–Crippen MR) is 297 cm³/mol. The summed E-state index contributed by atoms with van der Waals surface area (Å²) in [5, 5.41) is 1.28. The Morgan fingerprint density at radius 1 is 0.343 bits per heavy atom. The van der Waals surface area contributed by atoms with Crippen molar-refractivity contribution in [1.82, 2.24) is 4.57 Å². The van der Waals surface area contributed by atoms with Crippen LogP contribution in [0.2, 0.25) is 0 Å². The minimum atomic E-state index is 0.253. The normalized spacial score (nSPS) is 13.8. The Bertz CT molecular complexity index is 3440. The maximum atomic E-state index is 2.58. The summed E-state index contributed by atoms with van der Waals surface area (Å²) < 4.78 is 2.58. The molecule has 0 N–H and O–H groups in total. The number of rotatable bonds is 11. The van der Waals surface area contributed by atoms with Gasteiger partial charge in [0, 0.05) is 57.2 Å². The standard InChI is InChI=1S/C67H51N3/c1-6-16-49(17-7-1)52-26-36-58(37-27-52)68(59-38-28-53(29-39-59)50-18-8-2-9-19-50)60-40-32-55(33-41-60)56-34-44-62(45-35-56)69(61-42-30-54(31-43-61)51-20-10-3-11-21-51)63-46-47-65-64-24-14-5-15-25-66(64)70(67(65)48-63)57-22-12-4-13-23-57/h1-22,24,26-48,57H,23,25H2. The minimum absolute atomic E-state index is 0.253. The van der Waals surface area contributed by atoms with Gasteiger partial charge in [-0.25, -0.2) is 0 Å². The van der Waals surface area contributed by atoms with Crippen molar-refractivity contribution >= 4 is 51.1 Å². The number of fused-ring (bicyclic) bond motifs is 3. The SMILES string of the molecule is C1=CCc2c(c3ccc(N(c4ccc(-c5ccccc5)cc4)c4ccc(-c5ccc(N(c6ccc(-c7ccccc7)cc6)c6ccc(-c7ccccc7)cc6)cc5)cc4)cc3n2C2C=CC=CC2)C=C1. The van der Waals surface area contributed by atoms with Crippen molar-refractivity contribution in [3.05, 3.63) is 284 Å². The Morgan fingerprint density at radius 2 is 0.714 bits per heavy atom. The topological polar surface area (TPSA) is 11.4 Å². The number of aromatic nitrogens is 1. The van der Waals surface area contributed by atoms with Gasteiger partial charge in [-0.15, -0.1) is 0 Å². The molecule has 0 aliphatic heterocycles. The number of hydrogen-bond acceptors (Lipinski definition) is 2. The largest absolute Gasteiger partial charge is 0.336 e. The molecular weight excluding hydrogens is 847 g/mol. The summed E-state index contributed by atoms with van der Waals surface area (Å²) in [7, 11) is 0. The van der Waals surface area contributed by atoms with E-state index in [0.29, 0.717) is 0 Å². The van der Waals surface area contributed by atoms with Gasteiger partial charge in [0.2, 0.25) is 0 Å². The summed E-state index contributed by atoms with van der Waals surface area (Å²) in [6.07, 6.45) is 19.8. The van der Waals surface area contributed by atoms with Gasteiger partial charge in [0.05, 0.1) is 11.6 Å². The summed E-state index contributed by atoms with van der Waals surface area (Å²) in [6.45, 7) is 0. The molecule has 70 heavy (non-hydrogen) atoms. The fourth-order valence-electron chi connectivity index (χ4n) is 10.3. The lowest BCUT2D eigenvalue weighted by Crippen LogP contribution is -2.12. The molecule has 2 aliphatic carbocycles. The lowest BCUT2D eigenvalue weighted by molar-refractivity contribution is 0.608. The molecule has 3 nitrogen and oxygen atoms in total. The summed E-state index contributed by atoms with van der Waals surface area (Å²) in [4.78, 5) is 4.75. The minimum Gasteiger partial charge on any atom is -0.336 e. The third-order valence-electron chi connectivity index (χ3n) is 13.8. The second-order valence-corrected chi connectivity index (χ2v) is 18.0. The number of anilines is 6. The van der Waals surface area contributed by atoms with Gasteiger partial charge in [0.25, 0.3) is 0 Å². The molecule has 1 aromatic heterocycles. The van der Waals surface area contributed by atoms with Gasteiger partial charge in [0.15, 0.2) is 0 Å². The summed E-state index contributed by atoms with van der Waals surface area (Å²) >= 11 is 0. The average molecular weight is 898 g/mol. The van der Waals surface area contributed by atoms with Crippen molar-refractivity contribution in [2.75, 3.05) is 9.80 Å². The summed E-state index contributed by atoms with van der Waals surface area (Å²) in [6, 6.07) is 83.9. The van der Waals surface area contributed by atoms with Crippen LogP contribution in [0.4, 0.5) is 34.1 Å². The zero-order chi connectivity index (χ0) is 46.6. The summed E-state index contributed by atoms with van der Waals surface area (Å²) in [5.74, 6) is 0. The first kappa shape index (κ1) is 42.4. The van der Waals surface area contributed by atoms with Crippen molar-refractivity contribution in [3.63, 3.8) is 0 Å². The van der Waals surface area contributed by atoms with Crippen molar-refractivity contribution in [2.24, 2.45) is 0 Å². The Labute approximate surface area is 411 Å². The van der Waals surface area contributed by atoms with E-state index in [-0.39, 0.29) is 6.04 Å². The first-order chi connectivity index (χ1) is 34.7. The van der Waals surface area contributed by atoms with Crippen LogP contribution in [-0.2, 0) is 6.42 Å². The molecule has 3 heteroatoms. The van der Waals surface area contributed by atoms with Crippen LogP contribution in [0.25, 0.3) is 61.5 Å². The number of benzene rings is 9. The highest BCUT2D eigenvalue weighted by Gasteiger charge is 2.23. The fraction of sp³-hybridized carbons (Fsp3) is 0.0448. The molecule has 0 fully saturated rings. The number of nitrogens with zero attached hydrogens (tertiary/aromatic N) is 3. The van der Waals surface area contributed by atoms with Crippen molar-refractivity contribution < 1.29 is 0 Å². The molecule has 0 saturated carbocycles. The molecule has 2 aliphatic rings. The Morgan fingerprint density at radius 3 is 1.11 bits per heavy atom. The molecule has 0 amide bonds. The average Bonchev–Trinajstić information content (AvgIpc) is 3.54. The molecule has 12 rings (SSSR count). The van der Waals surface area contributed by atoms with Crippen LogP contribution in [0, 0.1) is 0 Å². The highest BCUT2D eigenvalue weighted by Crippen LogP contribution is 2.43. The Kier molecular flexibility index (Phi) is 11.5. The van der Waals surface area contributed by atoms with Crippen LogP contribution in [0.3, 0.4) is 0 Å². The molecule has 0 spiro atoms. The quantitative estimate of drug-likeness (QED) is 0.128. The van der Waals surface area contributed by atoms with E-state index in [4.69, 9.17) is 0 Å². The Hall–Kier alpha value is -8.92. The van der Waals surface area contributed by atoms with Crippen LogP contribution >= 0.6 is 0 Å².